The van der Waals surface area contributed by atoms with E-state index in [1.807, 2.05) is 25.1 Å². The van der Waals surface area contributed by atoms with Gasteiger partial charge in [0.2, 0.25) is 0 Å². The Bertz CT molecular complexity index is 692. The zero-order chi connectivity index (χ0) is 14.8. The third kappa shape index (κ3) is 2.59. The van der Waals surface area contributed by atoms with Crippen molar-refractivity contribution in [1.82, 2.24) is 0 Å². The molecular weight excluding hydrogens is 294 g/mol. The molecule has 20 heavy (non-hydrogen) atoms. The van der Waals surface area contributed by atoms with E-state index < -0.39 is 10.0 Å². The van der Waals surface area contributed by atoms with Gasteiger partial charge < -0.3 is 5.11 Å². The largest absolute Gasteiger partial charge is 0.391 e. The predicted molar refractivity (Wildman–Crippen MR) is 81.6 cm³/mol. The molecule has 0 aliphatic heterocycles. The van der Waals surface area contributed by atoms with Crippen LogP contribution in [0, 0.1) is 6.92 Å². The van der Waals surface area contributed by atoms with E-state index >= 15 is 0 Å². The SMILES string of the molecule is CCN(c1ccccc1C)S(=O)(=O)c1ccsc1CO. The molecule has 4 nitrogen and oxygen atoms in total. The normalized spacial score (nSPS) is 11.6. The Kier molecular flexibility index (Phi) is 4.47. The lowest BCUT2D eigenvalue weighted by atomic mass is 10.2. The first-order valence-electron chi connectivity index (χ1n) is 6.28. The Balaban J connectivity index is 2.54. The van der Waals surface area contributed by atoms with Gasteiger partial charge >= 0.3 is 0 Å². The van der Waals surface area contributed by atoms with E-state index in [9.17, 15) is 13.5 Å². The van der Waals surface area contributed by atoms with Gasteiger partial charge in [0.15, 0.2) is 0 Å². The summed E-state index contributed by atoms with van der Waals surface area (Å²) >= 11 is 1.25. The molecule has 0 aliphatic rings. The van der Waals surface area contributed by atoms with Crippen LogP contribution < -0.4 is 4.31 Å². The standard InChI is InChI=1S/C14H17NO3S2/c1-3-15(12-7-5-4-6-11(12)2)20(17,18)14-8-9-19-13(14)10-16/h4-9,16H,3,10H2,1-2H3. The summed E-state index contributed by atoms with van der Waals surface area (Å²) in [6.07, 6.45) is 0. The van der Waals surface area contributed by atoms with E-state index in [0.29, 0.717) is 17.1 Å². The van der Waals surface area contributed by atoms with Crippen molar-refractivity contribution in [2.24, 2.45) is 0 Å². The second-order valence-electron chi connectivity index (χ2n) is 4.32. The molecule has 0 bridgehead atoms. The first-order valence-corrected chi connectivity index (χ1v) is 8.60. The third-order valence-electron chi connectivity index (χ3n) is 3.09. The van der Waals surface area contributed by atoms with Crippen LogP contribution in [0.5, 0.6) is 0 Å². The Morgan fingerprint density at radius 2 is 1.95 bits per heavy atom. The first-order chi connectivity index (χ1) is 9.52. The Morgan fingerprint density at radius 3 is 2.55 bits per heavy atom. The number of sulfonamides is 1. The fraction of sp³-hybridized carbons (Fsp3) is 0.286. The maximum atomic E-state index is 12.8. The molecule has 1 aromatic heterocycles. The predicted octanol–water partition coefficient (Wildman–Crippen LogP) is 2.76. The smallest absolute Gasteiger partial charge is 0.265 e. The van der Waals surface area contributed by atoms with Crippen LogP contribution in [0.1, 0.15) is 17.4 Å². The molecule has 0 fully saturated rings. The average molecular weight is 311 g/mol. The van der Waals surface area contributed by atoms with E-state index in [2.05, 4.69) is 0 Å². The minimum atomic E-state index is -3.64. The average Bonchev–Trinajstić information content (AvgIpc) is 2.90. The number of hydrogen-bond donors (Lipinski definition) is 1. The summed E-state index contributed by atoms with van der Waals surface area (Å²) in [4.78, 5) is 0.659. The summed E-state index contributed by atoms with van der Waals surface area (Å²) < 4.78 is 26.9. The van der Waals surface area contributed by atoms with Crippen molar-refractivity contribution < 1.29 is 13.5 Å². The second-order valence-corrected chi connectivity index (χ2v) is 7.15. The molecule has 2 aromatic rings. The zero-order valence-electron chi connectivity index (χ0n) is 11.4. The van der Waals surface area contributed by atoms with Crippen LogP contribution >= 0.6 is 11.3 Å². The van der Waals surface area contributed by atoms with Crippen LogP contribution in [-0.4, -0.2) is 20.1 Å². The number of aliphatic hydroxyl groups excluding tert-OH is 1. The first kappa shape index (κ1) is 15.0. The van der Waals surface area contributed by atoms with E-state index in [1.54, 1.807) is 24.4 Å². The number of nitrogens with zero attached hydrogens (tertiary/aromatic N) is 1. The highest BCUT2D eigenvalue weighted by Crippen LogP contribution is 2.30. The molecule has 0 unspecified atom stereocenters. The Hall–Kier alpha value is -1.37. The number of thiophene rings is 1. The molecule has 1 heterocycles. The van der Waals surface area contributed by atoms with Gasteiger partial charge in [-0.15, -0.1) is 11.3 Å². The van der Waals surface area contributed by atoms with Gasteiger partial charge in [-0.25, -0.2) is 8.42 Å². The van der Waals surface area contributed by atoms with Gasteiger partial charge in [0.05, 0.1) is 17.2 Å². The van der Waals surface area contributed by atoms with E-state index in [0.717, 1.165) is 5.56 Å². The van der Waals surface area contributed by atoms with Crippen molar-refractivity contribution in [2.45, 2.75) is 25.3 Å². The monoisotopic (exact) mass is 311 g/mol. The molecular formula is C14H17NO3S2. The zero-order valence-corrected chi connectivity index (χ0v) is 13.0. The number of aliphatic hydroxyl groups is 1. The van der Waals surface area contributed by atoms with E-state index in [-0.39, 0.29) is 11.5 Å². The molecule has 0 aliphatic carbocycles. The van der Waals surface area contributed by atoms with Gasteiger partial charge in [-0.1, -0.05) is 18.2 Å². The number of hydrogen-bond acceptors (Lipinski definition) is 4. The molecule has 0 saturated heterocycles. The lowest BCUT2D eigenvalue weighted by Crippen LogP contribution is -2.31. The summed E-state index contributed by atoms with van der Waals surface area (Å²) in [6, 6.07) is 8.92. The third-order valence-corrected chi connectivity index (χ3v) is 6.10. The van der Waals surface area contributed by atoms with Crippen LogP contribution in [0.25, 0.3) is 0 Å². The van der Waals surface area contributed by atoms with Crippen LogP contribution in [0.3, 0.4) is 0 Å². The van der Waals surface area contributed by atoms with Crippen LogP contribution in [-0.2, 0) is 16.6 Å². The molecule has 2 rings (SSSR count). The minimum absolute atomic E-state index is 0.190. The fourth-order valence-electron chi connectivity index (χ4n) is 2.11. The van der Waals surface area contributed by atoms with Crippen LogP contribution in [0.15, 0.2) is 40.6 Å². The van der Waals surface area contributed by atoms with Crippen molar-refractivity contribution >= 4 is 27.0 Å². The number of para-hydroxylation sites is 1. The summed E-state index contributed by atoms with van der Waals surface area (Å²) in [5, 5.41) is 11.0. The van der Waals surface area contributed by atoms with Crippen molar-refractivity contribution in [3.63, 3.8) is 0 Å². The molecule has 0 amide bonds. The molecule has 0 saturated carbocycles. The molecule has 0 atom stereocenters. The number of aryl methyl sites for hydroxylation is 1. The van der Waals surface area contributed by atoms with Crippen molar-refractivity contribution in [3.8, 4) is 0 Å². The van der Waals surface area contributed by atoms with Crippen molar-refractivity contribution in [3.05, 3.63) is 46.2 Å². The maximum absolute atomic E-state index is 12.8. The minimum Gasteiger partial charge on any atom is -0.391 e. The van der Waals surface area contributed by atoms with Gasteiger partial charge in [-0.05, 0) is 36.9 Å². The lowest BCUT2D eigenvalue weighted by Gasteiger charge is -2.24. The fourth-order valence-corrected chi connectivity index (χ4v) is 4.91. The highest BCUT2D eigenvalue weighted by molar-refractivity contribution is 7.93. The van der Waals surface area contributed by atoms with E-state index in [1.165, 1.54) is 15.6 Å². The molecule has 0 spiro atoms. The van der Waals surface area contributed by atoms with Gasteiger partial charge in [0.25, 0.3) is 10.0 Å². The number of rotatable bonds is 5. The van der Waals surface area contributed by atoms with E-state index in [4.69, 9.17) is 0 Å². The quantitative estimate of drug-likeness (QED) is 0.923. The Morgan fingerprint density at radius 1 is 1.25 bits per heavy atom. The second kappa shape index (κ2) is 5.95. The summed E-state index contributed by atoms with van der Waals surface area (Å²) in [5.41, 5.74) is 1.57. The number of benzene rings is 1. The molecule has 108 valence electrons. The van der Waals surface area contributed by atoms with Gasteiger partial charge in [0, 0.05) is 6.54 Å². The topological polar surface area (TPSA) is 57.6 Å². The highest BCUT2D eigenvalue weighted by atomic mass is 32.2. The summed E-state index contributed by atoms with van der Waals surface area (Å²) in [7, 11) is -3.64. The van der Waals surface area contributed by atoms with Gasteiger partial charge in [-0.3, -0.25) is 4.31 Å². The summed E-state index contributed by atoms with van der Waals surface area (Å²) in [5.74, 6) is 0. The molecule has 1 aromatic carbocycles. The van der Waals surface area contributed by atoms with Crippen molar-refractivity contribution in [2.75, 3.05) is 10.8 Å². The maximum Gasteiger partial charge on any atom is 0.265 e. The molecule has 1 N–H and O–H groups in total. The molecule has 6 heteroatoms. The Labute approximate surface area is 123 Å². The lowest BCUT2D eigenvalue weighted by molar-refractivity contribution is 0.282. The van der Waals surface area contributed by atoms with Crippen LogP contribution in [0.2, 0.25) is 0 Å². The van der Waals surface area contributed by atoms with Gasteiger partial charge in [-0.2, -0.15) is 0 Å². The van der Waals surface area contributed by atoms with Crippen molar-refractivity contribution in [1.29, 1.82) is 0 Å². The highest BCUT2D eigenvalue weighted by Gasteiger charge is 2.27. The van der Waals surface area contributed by atoms with Gasteiger partial charge in [0.1, 0.15) is 4.90 Å². The van der Waals surface area contributed by atoms with Crippen LogP contribution in [0.4, 0.5) is 5.69 Å². The number of anilines is 1. The summed E-state index contributed by atoms with van der Waals surface area (Å²) in [6.45, 7) is 3.76. The molecule has 0 radical (unpaired) electrons.